The first-order valence-electron chi connectivity index (χ1n) is 5.24. The summed E-state index contributed by atoms with van der Waals surface area (Å²) >= 11 is 0. The van der Waals surface area contributed by atoms with Crippen LogP contribution < -0.4 is 11.2 Å². The first kappa shape index (κ1) is 14.3. The molecule has 5 unspecified atom stereocenters. The van der Waals surface area contributed by atoms with Gasteiger partial charge in [-0.2, -0.15) is 0 Å². The monoisotopic (exact) mass is 250 g/mol. The van der Waals surface area contributed by atoms with Gasteiger partial charge >= 0.3 is 0 Å². The van der Waals surface area contributed by atoms with Gasteiger partial charge in [0.05, 0.1) is 18.8 Å². The molecule has 0 aromatic heterocycles. The van der Waals surface area contributed by atoms with Crippen molar-refractivity contribution in [3.8, 4) is 0 Å². The Labute approximate surface area is 98.3 Å². The minimum atomic E-state index is -1.35. The van der Waals surface area contributed by atoms with Gasteiger partial charge in [-0.05, 0) is 0 Å². The quantitative estimate of drug-likeness (QED) is 0.334. The van der Waals surface area contributed by atoms with Crippen LogP contribution in [-0.2, 0) is 14.4 Å². The van der Waals surface area contributed by atoms with Crippen LogP contribution >= 0.6 is 0 Å². The van der Waals surface area contributed by atoms with Crippen molar-refractivity contribution >= 4 is 5.91 Å². The summed E-state index contributed by atoms with van der Waals surface area (Å²) in [6, 6.07) is -1.00. The predicted octanol–water partition coefficient (Wildman–Crippen LogP) is -2.79. The normalized spacial score (nSPS) is 39.2. The number of nitrogens with two attached hydrogens (primary N) is 1. The maximum absolute atomic E-state index is 11.0. The van der Waals surface area contributed by atoms with Gasteiger partial charge in [-0.1, -0.05) is 0 Å². The lowest BCUT2D eigenvalue weighted by atomic mass is 9.98. The Morgan fingerprint density at radius 2 is 2.12 bits per heavy atom. The predicted molar refractivity (Wildman–Crippen MR) is 55.3 cm³/mol. The summed E-state index contributed by atoms with van der Waals surface area (Å²) in [5.41, 5.74) is 0. The first-order chi connectivity index (χ1) is 7.95. The van der Waals surface area contributed by atoms with Crippen molar-refractivity contribution in [1.29, 1.82) is 0 Å². The van der Waals surface area contributed by atoms with E-state index in [2.05, 4.69) is 10.2 Å². The van der Waals surface area contributed by atoms with E-state index in [0.717, 1.165) is 0 Å². The van der Waals surface area contributed by atoms with Crippen molar-refractivity contribution in [2.24, 2.45) is 5.90 Å². The number of rotatable bonds is 2. The van der Waals surface area contributed by atoms with Crippen molar-refractivity contribution in [2.45, 2.75) is 44.0 Å². The van der Waals surface area contributed by atoms with Crippen LogP contribution in [0.5, 0.6) is 0 Å². The molecule has 0 radical (unpaired) electrons. The average molecular weight is 250 g/mol. The summed E-state index contributed by atoms with van der Waals surface area (Å²) in [4.78, 5) is 15.5. The summed E-state index contributed by atoms with van der Waals surface area (Å²) in [7, 11) is 0. The molecule has 0 aromatic carbocycles. The maximum Gasteiger partial charge on any atom is 0.217 e. The van der Waals surface area contributed by atoms with Gasteiger partial charge in [0.25, 0.3) is 0 Å². The zero-order chi connectivity index (χ0) is 13.0. The van der Waals surface area contributed by atoms with Crippen molar-refractivity contribution in [1.82, 2.24) is 5.32 Å². The SMILES string of the molecule is CC(=O)NC1C(ON)OCC(O)CC(O)C1O. The van der Waals surface area contributed by atoms with Crippen LogP contribution in [0.15, 0.2) is 0 Å². The van der Waals surface area contributed by atoms with Crippen LogP contribution in [0.25, 0.3) is 0 Å². The van der Waals surface area contributed by atoms with E-state index in [-0.39, 0.29) is 13.0 Å². The fraction of sp³-hybridized carbons (Fsp3) is 0.889. The van der Waals surface area contributed by atoms with Gasteiger partial charge in [0, 0.05) is 13.3 Å². The number of aliphatic hydroxyl groups excluding tert-OH is 3. The molecule has 1 fully saturated rings. The number of ether oxygens (including phenoxy) is 1. The molecule has 0 aliphatic carbocycles. The Bertz CT molecular complexity index is 262. The molecule has 100 valence electrons. The van der Waals surface area contributed by atoms with Crippen molar-refractivity contribution < 1.29 is 29.7 Å². The van der Waals surface area contributed by atoms with Gasteiger partial charge in [0.2, 0.25) is 5.91 Å². The van der Waals surface area contributed by atoms with Gasteiger partial charge < -0.3 is 25.4 Å². The molecule has 6 N–H and O–H groups in total. The highest BCUT2D eigenvalue weighted by molar-refractivity contribution is 5.73. The molecule has 1 heterocycles. The van der Waals surface area contributed by atoms with E-state index in [0.29, 0.717) is 0 Å². The number of amides is 1. The van der Waals surface area contributed by atoms with Crippen molar-refractivity contribution in [3.05, 3.63) is 0 Å². The van der Waals surface area contributed by atoms with E-state index in [1.165, 1.54) is 6.92 Å². The summed E-state index contributed by atoms with van der Waals surface area (Å²) < 4.78 is 5.09. The van der Waals surface area contributed by atoms with Gasteiger partial charge in [-0.25, -0.2) is 5.90 Å². The van der Waals surface area contributed by atoms with Gasteiger partial charge in [0.15, 0.2) is 6.29 Å². The third kappa shape index (κ3) is 3.87. The summed E-state index contributed by atoms with van der Waals surface area (Å²) in [6.07, 6.45) is -4.69. The molecule has 0 aromatic rings. The van der Waals surface area contributed by atoms with Gasteiger partial charge in [-0.15, -0.1) is 0 Å². The van der Waals surface area contributed by atoms with Crippen LogP contribution in [-0.4, -0.2) is 58.5 Å². The van der Waals surface area contributed by atoms with E-state index in [4.69, 9.17) is 10.6 Å². The Kier molecular flexibility index (Phi) is 5.25. The zero-order valence-corrected chi connectivity index (χ0v) is 9.44. The number of nitrogens with one attached hydrogen (secondary N) is 1. The van der Waals surface area contributed by atoms with E-state index >= 15 is 0 Å². The second-order valence-electron chi connectivity index (χ2n) is 4.01. The molecule has 0 spiro atoms. The van der Waals surface area contributed by atoms with Crippen LogP contribution in [0.4, 0.5) is 0 Å². The molecular formula is C9H18N2O6. The molecule has 1 saturated heterocycles. The number of hydrogen-bond acceptors (Lipinski definition) is 7. The Hall–Kier alpha value is -0.770. The second-order valence-corrected chi connectivity index (χ2v) is 4.01. The van der Waals surface area contributed by atoms with E-state index in [9.17, 15) is 20.1 Å². The molecule has 5 atom stereocenters. The van der Waals surface area contributed by atoms with Crippen molar-refractivity contribution in [2.75, 3.05) is 6.61 Å². The van der Waals surface area contributed by atoms with Crippen LogP contribution in [0, 0.1) is 0 Å². The molecule has 1 aliphatic rings. The Morgan fingerprint density at radius 3 is 2.65 bits per heavy atom. The molecule has 1 aliphatic heterocycles. The fourth-order valence-corrected chi connectivity index (χ4v) is 1.71. The molecule has 1 rings (SSSR count). The largest absolute Gasteiger partial charge is 0.391 e. The zero-order valence-electron chi connectivity index (χ0n) is 9.44. The number of carbonyl (C=O) groups is 1. The van der Waals surface area contributed by atoms with E-state index in [1.54, 1.807) is 0 Å². The Balaban J connectivity index is 2.81. The standard InChI is InChI=1S/C9H18N2O6/c1-4(12)11-7-8(15)6(14)2-5(13)3-16-9(7)17-10/h5-9,13-15H,2-3,10H2,1H3,(H,11,12). The lowest BCUT2D eigenvalue weighted by Gasteiger charge is -2.35. The van der Waals surface area contributed by atoms with Gasteiger partial charge in [-0.3, -0.25) is 9.63 Å². The minimum Gasteiger partial charge on any atom is -0.391 e. The maximum atomic E-state index is 11.0. The van der Waals surface area contributed by atoms with E-state index < -0.39 is 36.6 Å². The minimum absolute atomic E-state index is 0.0610. The molecular weight excluding hydrogens is 232 g/mol. The average Bonchev–Trinajstić information content (AvgIpc) is 2.25. The molecule has 1 amide bonds. The second kappa shape index (κ2) is 6.24. The smallest absolute Gasteiger partial charge is 0.217 e. The highest BCUT2D eigenvalue weighted by atomic mass is 16.8. The highest BCUT2D eigenvalue weighted by Gasteiger charge is 2.38. The molecule has 0 bridgehead atoms. The lowest BCUT2D eigenvalue weighted by Crippen LogP contribution is -2.58. The summed E-state index contributed by atoms with van der Waals surface area (Å²) in [6.45, 7) is 1.14. The lowest BCUT2D eigenvalue weighted by molar-refractivity contribution is -0.212. The van der Waals surface area contributed by atoms with Crippen molar-refractivity contribution in [3.63, 3.8) is 0 Å². The molecule has 8 nitrogen and oxygen atoms in total. The van der Waals surface area contributed by atoms with Gasteiger partial charge in [0.1, 0.15) is 12.1 Å². The van der Waals surface area contributed by atoms with Crippen LogP contribution in [0.3, 0.4) is 0 Å². The molecule has 8 heteroatoms. The number of hydrogen-bond donors (Lipinski definition) is 5. The Morgan fingerprint density at radius 1 is 1.47 bits per heavy atom. The van der Waals surface area contributed by atoms with Crippen LogP contribution in [0.2, 0.25) is 0 Å². The molecule has 0 saturated carbocycles. The third-order valence-electron chi connectivity index (χ3n) is 2.53. The summed E-state index contributed by atoms with van der Waals surface area (Å²) in [5.74, 6) is 4.57. The fourth-order valence-electron chi connectivity index (χ4n) is 1.71. The topological polar surface area (TPSA) is 134 Å². The number of carbonyl (C=O) groups excluding carboxylic acids is 1. The third-order valence-corrected chi connectivity index (χ3v) is 2.53. The first-order valence-corrected chi connectivity index (χ1v) is 5.24. The van der Waals surface area contributed by atoms with Crippen LogP contribution in [0.1, 0.15) is 13.3 Å². The molecule has 17 heavy (non-hydrogen) atoms. The number of aliphatic hydroxyl groups is 3. The van der Waals surface area contributed by atoms with E-state index in [1.807, 2.05) is 0 Å². The summed E-state index contributed by atoms with van der Waals surface area (Å²) in [5, 5.41) is 31.2. The highest BCUT2D eigenvalue weighted by Crippen LogP contribution is 2.16.